The minimum atomic E-state index is -0.772. The van der Waals surface area contributed by atoms with E-state index in [9.17, 15) is 29.3 Å². The van der Waals surface area contributed by atoms with Crippen molar-refractivity contribution in [2.24, 2.45) is 0 Å². The van der Waals surface area contributed by atoms with Crippen LogP contribution in [0.25, 0.3) is 0 Å². The lowest BCUT2D eigenvalue weighted by molar-refractivity contribution is -0.385. The molecule has 0 unspecified atom stereocenters. The highest BCUT2D eigenvalue weighted by Gasteiger charge is 2.24. The Morgan fingerprint density at radius 1 is 1.16 bits per heavy atom. The van der Waals surface area contributed by atoms with E-state index in [1.807, 2.05) is 0 Å². The maximum Gasteiger partial charge on any atom is 0.338 e. The van der Waals surface area contributed by atoms with E-state index in [1.54, 1.807) is 0 Å². The normalized spacial score (nSPS) is 13.4. The maximum absolute atomic E-state index is 12.2. The fourth-order valence-corrected chi connectivity index (χ4v) is 2.89. The Labute approximate surface area is 176 Å². The van der Waals surface area contributed by atoms with Gasteiger partial charge in [0.05, 0.1) is 27.4 Å². The number of hydrogen-bond acceptors (Lipinski definition) is 7. The van der Waals surface area contributed by atoms with Crippen LogP contribution in [-0.2, 0) is 19.1 Å². The van der Waals surface area contributed by atoms with Gasteiger partial charge in [0.2, 0.25) is 11.8 Å². The fraction of sp³-hybridized carbons (Fsp3) is 0.200. The van der Waals surface area contributed by atoms with Crippen LogP contribution in [0.1, 0.15) is 28.8 Å². The van der Waals surface area contributed by atoms with Crippen LogP contribution in [0.2, 0.25) is 0 Å². The van der Waals surface area contributed by atoms with E-state index in [-0.39, 0.29) is 47.2 Å². The first kappa shape index (κ1) is 21.4. The second kappa shape index (κ2) is 9.03. The van der Waals surface area contributed by atoms with Gasteiger partial charge in [0.25, 0.3) is 11.6 Å². The summed E-state index contributed by atoms with van der Waals surface area (Å²) in [5.74, 6) is -1.99. The van der Waals surface area contributed by atoms with E-state index >= 15 is 0 Å². The van der Waals surface area contributed by atoms with Gasteiger partial charge in [-0.2, -0.15) is 0 Å². The number of carbonyl (C=O) groups excluding carboxylic acids is 4. The summed E-state index contributed by atoms with van der Waals surface area (Å²) in [5, 5.41) is 14.5. The standard InChI is InChI=1S/C20H18N4O7/c1-12-15(3-2-4-16(12)24(29)30)21-18(26)11-31-20(28)13-5-7-14(8-6-13)23-19(27)10-9-17(25)22-23/h2-8H,9-11H2,1H3,(H,21,26)(H,22,25). The Kier molecular flexibility index (Phi) is 6.24. The van der Waals surface area contributed by atoms with Gasteiger partial charge in [0.15, 0.2) is 6.61 Å². The van der Waals surface area contributed by atoms with Crippen LogP contribution in [0.3, 0.4) is 0 Å². The molecule has 1 aliphatic heterocycles. The molecule has 11 nitrogen and oxygen atoms in total. The number of rotatable bonds is 6. The molecule has 0 saturated carbocycles. The highest BCUT2D eigenvalue weighted by atomic mass is 16.6. The predicted octanol–water partition coefficient (Wildman–Crippen LogP) is 1.86. The van der Waals surface area contributed by atoms with Crippen molar-refractivity contribution in [3.05, 3.63) is 63.7 Å². The topological polar surface area (TPSA) is 148 Å². The van der Waals surface area contributed by atoms with Crippen LogP contribution in [0, 0.1) is 17.0 Å². The van der Waals surface area contributed by atoms with E-state index < -0.39 is 23.4 Å². The highest BCUT2D eigenvalue weighted by Crippen LogP contribution is 2.25. The van der Waals surface area contributed by atoms with Gasteiger partial charge in [-0.15, -0.1) is 0 Å². The molecule has 1 saturated heterocycles. The number of nitrogens with one attached hydrogen (secondary N) is 2. The first-order valence-electron chi connectivity index (χ1n) is 9.19. The number of esters is 1. The van der Waals surface area contributed by atoms with Crippen LogP contribution in [-0.4, -0.2) is 35.2 Å². The van der Waals surface area contributed by atoms with Crippen molar-refractivity contribution < 1.29 is 28.8 Å². The van der Waals surface area contributed by atoms with E-state index in [4.69, 9.17) is 4.74 Å². The summed E-state index contributed by atoms with van der Waals surface area (Å²) in [7, 11) is 0. The van der Waals surface area contributed by atoms with Crippen molar-refractivity contribution in [2.45, 2.75) is 19.8 Å². The van der Waals surface area contributed by atoms with Gasteiger partial charge in [0.1, 0.15) is 0 Å². The summed E-state index contributed by atoms with van der Waals surface area (Å²) in [5.41, 5.74) is 3.35. The average Bonchev–Trinajstić information content (AvgIpc) is 2.75. The first-order valence-corrected chi connectivity index (χ1v) is 9.19. The van der Waals surface area contributed by atoms with E-state index in [0.29, 0.717) is 5.69 Å². The quantitative estimate of drug-likeness (QED) is 0.407. The van der Waals surface area contributed by atoms with Crippen molar-refractivity contribution >= 4 is 40.8 Å². The molecule has 1 fully saturated rings. The second-order valence-electron chi connectivity index (χ2n) is 6.64. The largest absolute Gasteiger partial charge is 0.452 e. The summed E-state index contributed by atoms with van der Waals surface area (Å²) in [6.45, 7) is 0.903. The van der Waals surface area contributed by atoms with Crippen molar-refractivity contribution in [3.63, 3.8) is 0 Å². The number of anilines is 2. The van der Waals surface area contributed by atoms with Gasteiger partial charge in [-0.05, 0) is 37.3 Å². The molecule has 3 amide bonds. The molecular weight excluding hydrogens is 408 g/mol. The van der Waals surface area contributed by atoms with E-state index in [1.165, 1.54) is 49.4 Å². The molecule has 0 atom stereocenters. The lowest BCUT2D eigenvalue weighted by Crippen LogP contribution is -2.50. The molecule has 2 aromatic carbocycles. The molecular formula is C20H18N4O7. The summed E-state index contributed by atoms with van der Waals surface area (Å²) in [6.07, 6.45) is 0.215. The Balaban J connectivity index is 1.58. The molecule has 0 bridgehead atoms. The number of carbonyl (C=O) groups is 4. The molecule has 2 aromatic rings. The Hall–Kier alpha value is -4.28. The highest BCUT2D eigenvalue weighted by molar-refractivity contribution is 6.01. The van der Waals surface area contributed by atoms with Crippen molar-refractivity contribution in [2.75, 3.05) is 16.9 Å². The SMILES string of the molecule is Cc1c(NC(=O)COC(=O)c2ccc(N3NC(=O)CCC3=O)cc2)cccc1[N+](=O)[O-]. The van der Waals surface area contributed by atoms with Gasteiger partial charge < -0.3 is 10.1 Å². The van der Waals surface area contributed by atoms with Crippen LogP contribution in [0.4, 0.5) is 17.1 Å². The number of benzene rings is 2. The smallest absolute Gasteiger partial charge is 0.338 e. The Morgan fingerprint density at radius 2 is 1.87 bits per heavy atom. The summed E-state index contributed by atoms with van der Waals surface area (Å²) in [6, 6.07) is 9.98. The first-order chi connectivity index (χ1) is 14.8. The molecule has 1 heterocycles. The Bertz CT molecular complexity index is 1070. The zero-order valence-electron chi connectivity index (χ0n) is 16.4. The third-order valence-corrected chi connectivity index (χ3v) is 4.52. The van der Waals surface area contributed by atoms with Crippen molar-refractivity contribution in [1.82, 2.24) is 5.43 Å². The lowest BCUT2D eigenvalue weighted by atomic mass is 10.1. The van der Waals surface area contributed by atoms with Crippen LogP contribution >= 0.6 is 0 Å². The van der Waals surface area contributed by atoms with Crippen molar-refractivity contribution in [3.8, 4) is 0 Å². The number of ether oxygens (including phenoxy) is 1. The molecule has 0 radical (unpaired) electrons. The predicted molar refractivity (Wildman–Crippen MR) is 108 cm³/mol. The Morgan fingerprint density at radius 3 is 2.55 bits per heavy atom. The number of amides is 3. The minimum absolute atomic E-state index is 0.0920. The molecule has 11 heteroatoms. The van der Waals surface area contributed by atoms with Crippen LogP contribution in [0.5, 0.6) is 0 Å². The summed E-state index contributed by atoms with van der Waals surface area (Å²) < 4.78 is 4.97. The molecule has 0 spiro atoms. The molecule has 3 rings (SSSR count). The zero-order chi connectivity index (χ0) is 22.5. The number of nitrogens with zero attached hydrogens (tertiary/aromatic N) is 2. The van der Waals surface area contributed by atoms with E-state index in [0.717, 1.165) is 5.01 Å². The van der Waals surface area contributed by atoms with Gasteiger partial charge in [-0.1, -0.05) is 6.07 Å². The van der Waals surface area contributed by atoms with Crippen LogP contribution < -0.4 is 15.8 Å². The molecule has 31 heavy (non-hydrogen) atoms. The van der Waals surface area contributed by atoms with Crippen LogP contribution in [0.15, 0.2) is 42.5 Å². The number of nitro benzene ring substituents is 1. The van der Waals surface area contributed by atoms with E-state index in [2.05, 4.69) is 10.7 Å². The monoisotopic (exact) mass is 426 g/mol. The second-order valence-corrected chi connectivity index (χ2v) is 6.64. The minimum Gasteiger partial charge on any atom is -0.452 e. The third kappa shape index (κ3) is 5.01. The zero-order valence-corrected chi connectivity index (χ0v) is 16.4. The van der Waals surface area contributed by atoms with Gasteiger partial charge in [0, 0.05) is 18.9 Å². The number of hydrazine groups is 1. The maximum atomic E-state index is 12.2. The fourth-order valence-electron chi connectivity index (χ4n) is 2.89. The molecule has 0 aliphatic carbocycles. The van der Waals surface area contributed by atoms with Gasteiger partial charge in [-0.25, -0.2) is 9.80 Å². The van der Waals surface area contributed by atoms with Gasteiger partial charge in [-0.3, -0.25) is 29.9 Å². The van der Waals surface area contributed by atoms with Gasteiger partial charge >= 0.3 is 5.97 Å². The molecule has 2 N–H and O–H groups in total. The molecule has 1 aliphatic rings. The average molecular weight is 426 g/mol. The number of hydrogen-bond donors (Lipinski definition) is 2. The lowest BCUT2D eigenvalue weighted by Gasteiger charge is -2.27. The van der Waals surface area contributed by atoms with Crippen molar-refractivity contribution in [1.29, 1.82) is 0 Å². The summed E-state index contributed by atoms with van der Waals surface area (Å²) in [4.78, 5) is 58.0. The third-order valence-electron chi connectivity index (χ3n) is 4.52. The number of nitro groups is 1. The molecule has 0 aromatic heterocycles. The summed E-state index contributed by atoms with van der Waals surface area (Å²) >= 11 is 0. The molecule has 160 valence electrons.